The van der Waals surface area contributed by atoms with Gasteiger partial charge in [-0.15, -0.1) is 0 Å². The molecule has 0 fully saturated rings. The van der Waals surface area contributed by atoms with E-state index in [9.17, 15) is 9.59 Å². The van der Waals surface area contributed by atoms with E-state index in [1.807, 2.05) is 0 Å². The Hall–Kier alpha value is -1.48. The highest BCUT2D eigenvalue weighted by atomic mass is 16.2. The summed E-state index contributed by atoms with van der Waals surface area (Å²) in [4.78, 5) is 21.5. The third-order valence-electron chi connectivity index (χ3n) is 1.38. The van der Waals surface area contributed by atoms with Crippen molar-refractivity contribution in [1.82, 2.24) is 0 Å². The first-order valence-corrected chi connectivity index (χ1v) is 3.49. The lowest BCUT2D eigenvalue weighted by Crippen LogP contribution is -2.10. The third kappa shape index (κ3) is 2.00. The molecule has 0 aromatic rings. The summed E-state index contributed by atoms with van der Waals surface area (Å²) in [5, 5.41) is 8.42. The SMILES string of the molecule is O=C1C=CC(/C=C/CO)=CC1=O. The highest BCUT2D eigenvalue weighted by Gasteiger charge is 2.10. The van der Waals surface area contributed by atoms with Gasteiger partial charge >= 0.3 is 0 Å². The molecule has 12 heavy (non-hydrogen) atoms. The average Bonchev–Trinajstić information content (AvgIpc) is 2.07. The first-order chi connectivity index (χ1) is 5.74. The van der Waals surface area contributed by atoms with Crippen molar-refractivity contribution >= 4 is 11.6 Å². The maximum Gasteiger partial charge on any atom is 0.226 e. The normalized spacial score (nSPS) is 17.2. The van der Waals surface area contributed by atoms with E-state index in [4.69, 9.17) is 5.11 Å². The van der Waals surface area contributed by atoms with E-state index in [2.05, 4.69) is 0 Å². The average molecular weight is 164 g/mol. The van der Waals surface area contributed by atoms with Gasteiger partial charge in [-0.2, -0.15) is 0 Å². The van der Waals surface area contributed by atoms with Crippen LogP contribution in [0.3, 0.4) is 0 Å². The zero-order chi connectivity index (χ0) is 8.97. The van der Waals surface area contributed by atoms with Crippen LogP contribution in [0.4, 0.5) is 0 Å². The monoisotopic (exact) mass is 164 g/mol. The molecular formula is C9H8O3. The summed E-state index contributed by atoms with van der Waals surface area (Å²) in [6.07, 6.45) is 7.09. The van der Waals surface area contributed by atoms with E-state index < -0.39 is 11.6 Å². The topological polar surface area (TPSA) is 54.4 Å². The smallest absolute Gasteiger partial charge is 0.226 e. The fourth-order valence-corrected chi connectivity index (χ4v) is 0.817. The summed E-state index contributed by atoms with van der Waals surface area (Å²) >= 11 is 0. The Morgan fingerprint density at radius 2 is 2.00 bits per heavy atom. The van der Waals surface area contributed by atoms with Crippen molar-refractivity contribution in [2.45, 2.75) is 0 Å². The van der Waals surface area contributed by atoms with Gasteiger partial charge in [-0.3, -0.25) is 9.59 Å². The van der Waals surface area contributed by atoms with Crippen LogP contribution in [0.25, 0.3) is 0 Å². The van der Waals surface area contributed by atoms with E-state index in [1.165, 1.54) is 24.3 Å². The molecule has 0 aliphatic heterocycles. The van der Waals surface area contributed by atoms with E-state index >= 15 is 0 Å². The molecule has 0 atom stereocenters. The fraction of sp³-hybridized carbons (Fsp3) is 0.111. The van der Waals surface area contributed by atoms with Gasteiger partial charge in [-0.05, 0) is 17.7 Å². The molecular weight excluding hydrogens is 156 g/mol. The maximum atomic E-state index is 10.8. The van der Waals surface area contributed by atoms with E-state index in [1.54, 1.807) is 6.08 Å². The van der Waals surface area contributed by atoms with Crippen LogP contribution in [-0.4, -0.2) is 23.3 Å². The van der Waals surface area contributed by atoms with Crippen molar-refractivity contribution in [2.75, 3.05) is 6.61 Å². The molecule has 0 radical (unpaired) electrons. The Morgan fingerprint density at radius 1 is 1.25 bits per heavy atom. The minimum Gasteiger partial charge on any atom is -0.392 e. The Morgan fingerprint density at radius 3 is 2.58 bits per heavy atom. The van der Waals surface area contributed by atoms with E-state index in [0.717, 1.165) is 0 Å². The second kappa shape index (κ2) is 3.78. The Labute approximate surface area is 69.7 Å². The number of carbonyl (C=O) groups excluding carboxylic acids is 2. The molecule has 0 spiro atoms. The lowest BCUT2D eigenvalue weighted by atomic mass is 10.1. The number of ketones is 2. The summed E-state index contributed by atoms with van der Waals surface area (Å²) in [7, 11) is 0. The molecule has 1 aliphatic rings. The van der Waals surface area contributed by atoms with E-state index in [-0.39, 0.29) is 6.61 Å². The largest absolute Gasteiger partial charge is 0.392 e. The van der Waals surface area contributed by atoms with Gasteiger partial charge in [0, 0.05) is 0 Å². The van der Waals surface area contributed by atoms with Gasteiger partial charge in [0.25, 0.3) is 0 Å². The number of aliphatic hydroxyl groups excluding tert-OH is 1. The molecule has 3 heteroatoms. The lowest BCUT2D eigenvalue weighted by molar-refractivity contribution is -0.131. The zero-order valence-corrected chi connectivity index (χ0v) is 6.36. The van der Waals surface area contributed by atoms with Gasteiger partial charge in [0.2, 0.25) is 11.6 Å². The molecule has 62 valence electrons. The van der Waals surface area contributed by atoms with Crippen LogP contribution in [0.5, 0.6) is 0 Å². The van der Waals surface area contributed by atoms with Crippen molar-refractivity contribution in [3.8, 4) is 0 Å². The lowest BCUT2D eigenvalue weighted by Gasteiger charge is -1.98. The molecule has 3 nitrogen and oxygen atoms in total. The molecule has 1 rings (SSSR count). The van der Waals surface area contributed by atoms with Crippen LogP contribution in [-0.2, 0) is 9.59 Å². The summed E-state index contributed by atoms with van der Waals surface area (Å²) in [6, 6.07) is 0. The fourth-order valence-electron chi connectivity index (χ4n) is 0.817. The predicted molar refractivity (Wildman–Crippen MR) is 43.5 cm³/mol. The van der Waals surface area contributed by atoms with Gasteiger partial charge in [0.05, 0.1) is 6.61 Å². The Balaban J connectivity index is 2.76. The molecule has 0 heterocycles. The number of carbonyl (C=O) groups is 2. The molecule has 0 bridgehead atoms. The number of aliphatic hydroxyl groups is 1. The van der Waals surface area contributed by atoms with Crippen LogP contribution in [0.15, 0.2) is 36.0 Å². The second-order valence-electron chi connectivity index (χ2n) is 2.29. The van der Waals surface area contributed by atoms with Gasteiger partial charge in [0.15, 0.2) is 0 Å². The predicted octanol–water partition coefficient (Wildman–Crippen LogP) is 0.169. The third-order valence-corrected chi connectivity index (χ3v) is 1.38. The van der Waals surface area contributed by atoms with Gasteiger partial charge in [0.1, 0.15) is 0 Å². The first kappa shape index (κ1) is 8.62. The number of hydrogen-bond acceptors (Lipinski definition) is 3. The summed E-state index contributed by atoms with van der Waals surface area (Å²) in [6.45, 7) is -0.0761. The van der Waals surface area contributed by atoms with Gasteiger partial charge < -0.3 is 5.11 Å². The van der Waals surface area contributed by atoms with Crippen molar-refractivity contribution in [1.29, 1.82) is 0 Å². The quantitative estimate of drug-likeness (QED) is 0.467. The maximum absolute atomic E-state index is 10.8. The van der Waals surface area contributed by atoms with Gasteiger partial charge in [-0.25, -0.2) is 0 Å². The number of rotatable bonds is 2. The molecule has 1 N–H and O–H groups in total. The van der Waals surface area contributed by atoms with Crippen LogP contribution >= 0.6 is 0 Å². The first-order valence-electron chi connectivity index (χ1n) is 3.49. The molecule has 1 aliphatic carbocycles. The summed E-state index contributed by atoms with van der Waals surface area (Å²) < 4.78 is 0. The van der Waals surface area contributed by atoms with Crippen molar-refractivity contribution in [3.63, 3.8) is 0 Å². The number of allylic oxidation sites excluding steroid dienone is 5. The highest BCUT2D eigenvalue weighted by Crippen LogP contribution is 2.05. The number of hydrogen-bond donors (Lipinski definition) is 1. The molecule has 0 saturated carbocycles. The molecule has 0 saturated heterocycles. The summed E-state index contributed by atoms with van der Waals surface area (Å²) in [5.74, 6) is -1.02. The molecule has 0 aromatic carbocycles. The Bertz CT molecular complexity index is 295. The van der Waals surface area contributed by atoms with Gasteiger partial charge in [-0.1, -0.05) is 18.2 Å². The molecule has 0 amide bonds. The molecule has 0 unspecified atom stereocenters. The Kier molecular flexibility index (Phi) is 2.71. The summed E-state index contributed by atoms with van der Waals surface area (Å²) in [5.41, 5.74) is 0.633. The van der Waals surface area contributed by atoms with Crippen molar-refractivity contribution in [2.24, 2.45) is 0 Å². The standard InChI is InChI=1S/C9H8O3/c10-5-1-2-7-3-4-8(11)9(12)6-7/h1-4,6,10H,5H2/b2-1+. The van der Waals surface area contributed by atoms with Crippen LogP contribution in [0.1, 0.15) is 0 Å². The minimum atomic E-state index is -0.518. The molecule has 0 aromatic heterocycles. The van der Waals surface area contributed by atoms with Crippen LogP contribution in [0, 0.1) is 0 Å². The van der Waals surface area contributed by atoms with Crippen LogP contribution < -0.4 is 0 Å². The van der Waals surface area contributed by atoms with Crippen molar-refractivity contribution < 1.29 is 14.7 Å². The van der Waals surface area contributed by atoms with E-state index in [0.29, 0.717) is 5.57 Å². The minimum absolute atomic E-state index is 0.0761. The second-order valence-corrected chi connectivity index (χ2v) is 2.29. The van der Waals surface area contributed by atoms with Crippen molar-refractivity contribution in [3.05, 3.63) is 36.0 Å². The van der Waals surface area contributed by atoms with Crippen LogP contribution in [0.2, 0.25) is 0 Å². The highest BCUT2D eigenvalue weighted by molar-refractivity contribution is 6.46. The zero-order valence-electron chi connectivity index (χ0n) is 6.36.